The third kappa shape index (κ3) is 3.90. The summed E-state index contributed by atoms with van der Waals surface area (Å²) in [4.78, 5) is 12.9. The SMILES string of the molecule is C=C(C)c1ccc(-n2nc3cc(N(CC)S(C)(=O)=O)c(C4CC4)cc3c2C(=O)NC)cc1. The molecule has 168 valence electrons. The van der Waals surface area contributed by atoms with E-state index in [9.17, 15) is 13.2 Å². The molecule has 1 N–H and O–H groups in total. The highest BCUT2D eigenvalue weighted by Crippen LogP contribution is 2.46. The van der Waals surface area contributed by atoms with Gasteiger partial charge in [-0.15, -0.1) is 0 Å². The molecule has 1 fully saturated rings. The number of carbonyl (C=O) groups is 1. The lowest BCUT2D eigenvalue weighted by Gasteiger charge is -2.23. The van der Waals surface area contributed by atoms with Crippen LogP contribution in [0.2, 0.25) is 0 Å². The van der Waals surface area contributed by atoms with Crippen molar-refractivity contribution in [2.75, 3.05) is 24.2 Å². The first-order chi connectivity index (χ1) is 15.2. The van der Waals surface area contributed by atoms with Gasteiger partial charge in [0, 0.05) is 19.0 Å². The average molecular weight is 453 g/mol. The van der Waals surface area contributed by atoms with Gasteiger partial charge in [-0.2, -0.15) is 5.10 Å². The number of sulfonamides is 1. The standard InChI is InChI=1S/C24H28N4O3S/c1-6-27(32(5,30)31)22-14-21-20(13-19(22)17-7-8-17)23(24(29)25-4)28(26-21)18-11-9-16(10-12-18)15(2)3/h9-14,17H,2,6-8H2,1,3-5H3,(H,25,29). The van der Waals surface area contributed by atoms with Gasteiger partial charge in [0.05, 0.1) is 23.1 Å². The van der Waals surface area contributed by atoms with Crippen LogP contribution in [0.5, 0.6) is 0 Å². The molecule has 0 aliphatic heterocycles. The van der Waals surface area contributed by atoms with E-state index in [1.54, 1.807) is 17.8 Å². The highest BCUT2D eigenvalue weighted by Gasteiger charge is 2.32. The largest absolute Gasteiger partial charge is 0.354 e. The molecule has 7 nitrogen and oxygen atoms in total. The normalized spacial score (nSPS) is 13.9. The lowest BCUT2D eigenvalue weighted by atomic mass is 10.0. The Morgan fingerprint density at radius 2 is 1.91 bits per heavy atom. The van der Waals surface area contributed by atoms with E-state index in [4.69, 9.17) is 5.10 Å². The van der Waals surface area contributed by atoms with E-state index in [0.29, 0.717) is 34.7 Å². The Labute approximate surface area is 188 Å². The monoisotopic (exact) mass is 452 g/mol. The molecule has 1 heterocycles. The fourth-order valence-electron chi connectivity index (χ4n) is 4.07. The third-order valence-electron chi connectivity index (χ3n) is 5.84. The van der Waals surface area contributed by atoms with E-state index in [2.05, 4.69) is 11.9 Å². The minimum atomic E-state index is -3.44. The van der Waals surface area contributed by atoms with E-state index in [0.717, 1.165) is 35.2 Å². The molecule has 0 spiro atoms. The van der Waals surface area contributed by atoms with Crippen LogP contribution in [0, 0.1) is 0 Å². The molecule has 2 aromatic carbocycles. The molecule has 0 radical (unpaired) electrons. The molecule has 3 aromatic rings. The second-order valence-corrected chi connectivity index (χ2v) is 10.2. The zero-order valence-corrected chi connectivity index (χ0v) is 19.7. The van der Waals surface area contributed by atoms with Crippen molar-refractivity contribution in [1.29, 1.82) is 0 Å². The second-order valence-electron chi connectivity index (χ2n) is 8.30. The molecule has 8 heteroatoms. The molecule has 0 atom stereocenters. The lowest BCUT2D eigenvalue weighted by molar-refractivity contribution is 0.0957. The van der Waals surface area contributed by atoms with Gasteiger partial charge in [0.2, 0.25) is 10.0 Å². The Morgan fingerprint density at radius 1 is 1.25 bits per heavy atom. The predicted molar refractivity (Wildman–Crippen MR) is 129 cm³/mol. The van der Waals surface area contributed by atoms with Crippen molar-refractivity contribution >= 4 is 38.1 Å². The van der Waals surface area contributed by atoms with E-state index in [1.165, 1.54) is 10.6 Å². The molecule has 1 saturated carbocycles. The molecule has 32 heavy (non-hydrogen) atoms. The summed E-state index contributed by atoms with van der Waals surface area (Å²) in [6.45, 7) is 8.06. The molecule has 0 bridgehead atoms. The summed E-state index contributed by atoms with van der Waals surface area (Å²) in [6.07, 6.45) is 3.23. The summed E-state index contributed by atoms with van der Waals surface area (Å²) in [5.74, 6) is 0.0439. The first-order valence-corrected chi connectivity index (χ1v) is 12.5. The lowest BCUT2D eigenvalue weighted by Crippen LogP contribution is -2.30. The van der Waals surface area contributed by atoms with Crippen LogP contribution >= 0.6 is 0 Å². The maximum Gasteiger partial charge on any atom is 0.270 e. The van der Waals surface area contributed by atoms with Gasteiger partial charge in [-0.3, -0.25) is 9.10 Å². The Bertz CT molecular complexity index is 1320. The van der Waals surface area contributed by atoms with Crippen molar-refractivity contribution in [3.8, 4) is 5.69 Å². The summed E-state index contributed by atoms with van der Waals surface area (Å²) in [6, 6.07) is 11.5. The summed E-state index contributed by atoms with van der Waals surface area (Å²) < 4.78 is 28.0. The smallest absolute Gasteiger partial charge is 0.270 e. The summed E-state index contributed by atoms with van der Waals surface area (Å²) in [7, 11) is -1.85. The number of rotatable bonds is 7. The minimum absolute atomic E-state index is 0.249. The number of amides is 1. The molecule has 4 rings (SSSR count). The van der Waals surface area contributed by atoms with Crippen LogP contribution in [-0.4, -0.2) is 44.0 Å². The number of nitrogens with one attached hydrogen (secondary N) is 1. The van der Waals surface area contributed by atoms with Crippen molar-refractivity contribution in [1.82, 2.24) is 15.1 Å². The molecule has 1 aliphatic rings. The molecule has 1 amide bonds. The highest BCUT2D eigenvalue weighted by molar-refractivity contribution is 7.92. The van der Waals surface area contributed by atoms with Crippen LogP contribution in [0.25, 0.3) is 22.2 Å². The van der Waals surface area contributed by atoms with Gasteiger partial charge < -0.3 is 5.32 Å². The number of anilines is 1. The topological polar surface area (TPSA) is 84.3 Å². The quantitative estimate of drug-likeness (QED) is 0.585. The summed E-state index contributed by atoms with van der Waals surface area (Å²) >= 11 is 0. The number of hydrogen-bond acceptors (Lipinski definition) is 4. The Kier molecular flexibility index (Phi) is 5.58. The van der Waals surface area contributed by atoms with Crippen LogP contribution in [0.4, 0.5) is 5.69 Å². The van der Waals surface area contributed by atoms with Crippen LogP contribution in [-0.2, 0) is 10.0 Å². The van der Waals surface area contributed by atoms with Gasteiger partial charge in [-0.05, 0) is 68.0 Å². The van der Waals surface area contributed by atoms with Crippen molar-refractivity contribution in [2.24, 2.45) is 0 Å². The van der Waals surface area contributed by atoms with Crippen LogP contribution in [0.15, 0.2) is 43.0 Å². The van der Waals surface area contributed by atoms with Gasteiger partial charge in [0.25, 0.3) is 5.91 Å². The number of benzene rings is 2. The number of carbonyl (C=O) groups excluding carboxylic acids is 1. The first-order valence-electron chi connectivity index (χ1n) is 10.7. The molecule has 1 aromatic heterocycles. The third-order valence-corrected chi connectivity index (χ3v) is 7.10. The van der Waals surface area contributed by atoms with Crippen molar-refractivity contribution in [3.05, 3.63) is 59.8 Å². The molecular weight excluding hydrogens is 424 g/mol. The molecule has 1 aliphatic carbocycles. The number of fused-ring (bicyclic) bond motifs is 1. The molecule has 0 saturated heterocycles. The molecular formula is C24H28N4O3S. The molecule has 0 unspecified atom stereocenters. The van der Waals surface area contributed by atoms with Gasteiger partial charge >= 0.3 is 0 Å². The Morgan fingerprint density at radius 3 is 2.41 bits per heavy atom. The van der Waals surface area contributed by atoms with Crippen molar-refractivity contribution < 1.29 is 13.2 Å². The highest BCUT2D eigenvalue weighted by atomic mass is 32.2. The Hall–Kier alpha value is -3.13. The average Bonchev–Trinajstić information content (AvgIpc) is 3.52. The van der Waals surface area contributed by atoms with E-state index >= 15 is 0 Å². The van der Waals surface area contributed by atoms with Crippen LogP contribution in [0.1, 0.15) is 54.2 Å². The number of aromatic nitrogens is 2. The Balaban J connectivity index is 1.98. The maximum atomic E-state index is 12.9. The maximum absolute atomic E-state index is 12.9. The van der Waals surface area contributed by atoms with Crippen LogP contribution < -0.4 is 9.62 Å². The number of allylic oxidation sites excluding steroid dienone is 1. The van der Waals surface area contributed by atoms with E-state index < -0.39 is 10.0 Å². The van der Waals surface area contributed by atoms with Gasteiger partial charge in [-0.1, -0.05) is 24.3 Å². The zero-order valence-electron chi connectivity index (χ0n) is 18.8. The van der Waals surface area contributed by atoms with Crippen LogP contribution in [0.3, 0.4) is 0 Å². The number of nitrogens with zero attached hydrogens (tertiary/aromatic N) is 3. The summed E-state index contributed by atoms with van der Waals surface area (Å²) in [5.41, 5.74) is 5.32. The van der Waals surface area contributed by atoms with Gasteiger partial charge in [-0.25, -0.2) is 13.1 Å². The van der Waals surface area contributed by atoms with E-state index in [1.807, 2.05) is 44.2 Å². The fraction of sp³-hybridized carbons (Fsp3) is 0.333. The minimum Gasteiger partial charge on any atom is -0.354 e. The van der Waals surface area contributed by atoms with Crippen molar-refractivity contribution in [3.63, 3.8) is 0 Å². The van der Waals surface area contributed by atoms with Gasteiger partial charge in [0.15, 0.2) is 0 Å². The first kappa shape index (κ1) is 22.1. The van der Waals surface area contributed by atoms with E-state index in [-0.39, 0.29) is 5.91 Å². The van der Waals surface area contributed by atoms with Gasteiger partial charge in [0.1, 0.15) is 5.69 Å². The van der Waals surface area contributed by atoms with Crippen molar-refractivity contribution in [2.45, 2.75) is 32.6 Å². The number of hydrogen-bond donors (Lipinski definition) is 1. The second kappa shape index (κ2) is 8.09. The zero-order chi connectivity index (χ0) is 23.2. The fourth-order valence-corrected chi connectivity index (χ4v) is 5.05. The predicted octanol–water partition coefficient (Wildman–Crippen LogP) is 4.08. The summed E-state index contributed by atoms with van der Waals surface area (Å²) in [5, 5.41) is 8.15.